The lowest BCUT2D eigenvalue weighted by atomic mass is 10.2. The number of halogens is 2. The number of ether oxygens (including phenoxy) is 1. The molecule has 1 aromatic carbocycles. The zero-order valence-electron chi connectivity index (χ0n) is 15.5. The zero-order chi connectivity index (χ0) is 19.2. The molecule has 0 amide bonds. The highest BCUT2D eigenvalue weighted by atomic mass is 19.1. The lowest BCUT2D eigenvalue weighted by molar-refractivity contribution is 0.369. The van der Waals surface area contributed by atoms with Crippen LogP contribution in [0.15, 0.2) is 41.4 Å². The Labute approximate surface area is 157 Å². The predicted molar refractivity (Wildman–Crippen MR) is 101 cm³/mol. The molecule has 0 aliphatic carbocycles. The summed E-state index contributed by atoms with van der Waals surface area (Å²) in [6.07, 6.45) is 0. The van der Waals surface area contributed by atoms with Gasteiger partial charge < -0.3 is 19.9 Å². The van der Waals surface area contributed by atoms with E-state index in [9.17, 15) is 8.78 Å². The standard InChI is InChI=1S/C19H23F2N5O/c1-22-19(23-13-15-4-3-5-18(24-15)27-2)26-10-8-25(9-11-26)17-12-14(20)6-7-16(17)21/h3-7,12H,8-11,13H2,1-2H3,(H,22,23). The minimum Gasteiger partial charge on any atom is -0.481 e. The molecule has 8 heteroatoms. The number of piperazine rings is 1. The normalized spacial score (nSPS) is 15.0. The van der Waals surface area contributed by atoms with Gasteiger partial charge >= 0.3 is 0 Å². The molecule has 0 unspecified atom stereocenters. The third-order valence-corrected chi connectivity index (χ3v) is 4.46. The molecule has 2 heterocycles. The molecule has 1 aliphatic heterocycles. The molecule has 0 spiro atoms. The van der Waals surface area contributed by atoms with E-state index in [1.54, 1.807) is 20.2 Å². The van der Waals surface area contributed by atoms with Crippen molar-refractivity contribution in [3.63, 3.8) is 0 Å². The molecule has 1 N–H and O–H groups in total. The van der Waals surface area contributed by atoms with Crippen LogP contribution in [0.25, 0.3) is 0 Å². The lowest BCUT2D eigenvalue weighted by Gasteiger charge is -2.37. The van der Waals surface area contributed by atoms with Crippen molar-refractivity contribution in [3.05, 3.63) is 53.7 Å². The molecular formula is C19H23F2N5O. The largest absolute Gasteiger partial charge is 0.481 e. The second kappa shape index (κ2) is 8.66. The lowest BCUT2D eigenvalue weighted by Crippen LogP contribution is -2.52. The Bertz CT molecular complexity index is 806. The number of pyridine rings is 1. The molecule has 3 rings (SSSR count). The number of nitrogens with one attached hydrogen (secondary N) is 1. The molecule has 1 saturated heterocycles. The Morgan fingerprint density at radius 3 is 2.67 bits per heavy atom. The Balaban J connectivity index is 1.58. The molecule has 27 heavy (non-hydrogen) atoms. The van der Waals surface area contributed by atoms with Crippen LogP contribution in [-0.4, -0.2) is 56.2 Å². The maximum atomic E-state index is 14.0. The maximum Gasteiger partial charge on any atom is 0.213 e. The van der Waals surface area contributed by atoms with Gasteiger partial charge in [-0.15, -0.1) is 0 Å². The van der Waals surface area contributed by atoms with Gasteiger partial charge in [-0.1, -0.05) is 6.07 Å². The highest BCUT2D eigenvalue weighted by Crippen LogP contribution is 2.22. The molecule has 0 atom stereocenters. The van der Waals surface area contributed by atoms with Gasteiger partial charge in [-0.3, -0.25) is 4.99 Å². The van der Waals surface area contributed by atoms with Gasteiger partial charge in [0.2, 0.25) is 5.88 Å². The van der Waals surface area contributed by atoms with E-state index < -0.39 is 11.6 Å². The van der Waals surface area contributed by atoms with Crippen LogP contribution in [0.3, 0.4) is 0 Å². The fourth-order valence-corrected chi connectivity index (χ4v) is 3.06. The van der Waals surface area contributed by atoms with E-state index >= 15 is 0 Å². The van der Waals surface area contributed by atoms with Gasteiger partial charge in [0.1, 0.15) is 11.6 Å². The first-order valence-electron chi connectivity index (χ1n) is 8.76. The number of hydrogen-bond acceptors (Lipinski definition) is 4. The van der Waals surface area contributed by atoms with Gasteiger partial charge in [0.05, 0.1) is 25.0 Å². The number of aliphatic imine (C=N–C) groups is 1. The molecule has 0 radical (unpaired) electrons. The van der Waals surface area contributed by atoms with Crippen molar-refractivity contribution in [1.29, 1.82) is 0 Å². The third kappa shape index (κ3) is 4.64. The highest BCUT2D eigenvalue weighted by Gasteiger charge is 2.22. The Morgan fingerprint density at radius 1 is 1.19 bits per heavy atom. The number of benzene rings is 1. The van der Waals surface area contributed by atoms with E-state index in [2.05, 4.69) is 20.2 Å². The molecule has 1 aromatic heterocycles. The van der Waals surface area contributed by atoms with Crippen LogP contribution in [0.2, 0.25) is 0 Å². The van der Waals surface area contributed by atoms with Gasteiger partial charge in [-0.05, 0) is 18.2 Å². The first-order chi connectivity index (χ1) is 13.1. The molecule has 1 aliphatic rings. The molecule has 1 fully saturated rings. The number of hydrogen-bond donors (Lipinski definition) is 1. The number of aromatic nitrogens is 1. The SMILES string of the molecule is CN=C(NCc1cccc(OC)n1)N1CCN(c2cc(F)ccc2F)CC1. The summed E-state index contributed by atoms with van der Waals surface area (Å²) in [4.78, 5) is 12.6. The summed E-state index contributed by atoms with van der Waals surface area (Å²) in [5.74, 6) is 0.475. The summed E-state index contributed by atoms with van der Waals surface area (Å²) in [6, 6.07) is 9.13. The minimum atomic E-state index is -0.433. The predicted octanol–water partition coefficient (Wildman–Crippen LogP) is 2.27. The van der Waals surface area contributed by atoms with Crippen LogP contribution >= 0.6 is 0 Å². The van der Waals surface area contributed by atoms with Gasteiger partial charge in [0, 0.05) is 45.4 Å². The Morgan fingerprint density at radius 2 is 1.96 bits per heavy atom. The van der Waals surface area contributed by atoms with Crippen molar-refractivity contribution in [2.45, 2.75) is 6.54 Å². The van der Waals surface area contributed by atoms with Crippen molar-refractivity contribution < 1.29 is 13.5 Å². The molecule has 0 saturated carbocycles. The topological polar surface area (TPSA) is 53.0 Å². The average molecular weight is 375 g/mol. The molecule has 0 bridgehead atoms. The van der Waals surface area contributed by atoms with E-state index in [1.165, 1.54) is 12.1 Å². The summed E-state index contributed by atoms with van der Waals surface area (Å²) < 4.78 is 32.5. The van der Waals surface area contributed by atoms with Crippen molar-refractivity contribution in [3.8, 4) is 5.88 Å². The first kappa shape index (κ1) is 18.9. The summed E-state index contributed by atoms with van der Waals surface area (Å²) in [7, 11) is 3.30. The quantitative estimate of drug-likeness (QED) is 0.656. The summed E-state index contributed by atoms with van der Waals surface area (Å²) >= 11 is 0. The van der Waals surface area contributed by atoms with Crippen LogP contribution in [0.4, 0.5) is 14.5 Å². The van der Waals surface area contributed by atoms with Crippen molar-refractivity contribution >= 4 is 11.6 Å². The molecule has 144 valence electrons. The second-order valence-corrected chi connectivity index (χ2v) is 6.14. The number of anilines is 1. The van der Waals surface area contributed by atoms with Crippen LogP contribution in [0.5, 0.6) is 5.88 Å². The van der Waals surface area contributed by atoms with Crippen molar-refractivity contribution in [2.75, 3.05) is 45.2 Å². The van der Waals surface area contributed by atoms with E-state index in [0.29, 0.717) is 44.3 Å². The van der Waals surface area contributed by atoms with Gasteiger partial charge in [0.15, 0.2) is 5.96 Å². The minimum absolute atomic E-state index is 0.304. The molecular weight excluding hydrogens is 352 g/mol. The molecule has 6 nitrogen and oxygen atoms in total. The molecule has 2 aromatic rings. The Hall–Kier alpha value is -2.90. The number of methoxy groups -OCH3 is 1. The number of guanidine groups is 1. The summed E-state index contributed by atoms with van der Waals surface area (Å²) in [5.41, 5.74) is 1.15. The number of nitrogens with zero attached hydrogens (tertiary/aromatic N) is 4. The Kier molecular flexibility index (Phi) is 6.05. The average Bonchev–Trinajstić information content (AvgIpc) is 2.71. The smallest absolute Gasteiger partial charge is 0.213 e. The third-order valence-electron chi connectivity index (χ3n) is 4.46. The van der Waals surface area contributed by atoms with Crippen LogP contribution in [-0.2, 0) is 6.54 Å². The van der Waals surface area contributed by atoms with E-state index in [4.69, 9.17) is 4.74 Å². The maximum absolute atomic E-state index is 14.0. The fraction of sp³-hybridized carbons (Fsp3) is 0.368. The van der Waals surface area contributed by atoms with Crippen molar-refractivity contribution in [1.82, 2.24) is 15.2 Å². The van der Waals surface area contributed by atoms with Crippen LogP contribution in [0, 0.1) is 11.6 Å². The van der Waals surface area contributed by atoms with E-state index in [0.717, 1.165) is 17.7 Å². The van der Waals surface area contributed by atoms with E-state index in [-0.39, 0.29) is 0 Å². The second-order valence-electron chi connectivity index (χ2n) is 6.14. The fourth-order valence-electron chi connectivity index (χ4n) is 3.06. The van der Waals surface area contributed by atoms with Crippen molar-refractivity contribution in [2.24, 2.45) is 4.99 Å². The van der Waals surface area contributed by atoms with Gasteiger partial charge in [-0.25, -0.2) is 13.8 Å². The van der Waals surface area contributed by atoms with Gasteiger partial charge in [-0.2, -0.15) is 0 Å². The van der Waals surface area contributed by atoms with Crippen LogP contribution in [0.1, 0.15) is 5.69 Å². The monoisotopic (exact) mass is 375 g/mol. The van der Waals surface area contributed by atoms with Crippen LogP contribution < -0.4 is 15.0 Å². The van der Waals surface area contributed by atoms with E-state index in [1.807, 2.05) is 17.0 Å². The zero-order valence-corrected chi connectivity index (χ0v) is 15.5. The highest BCUT2D eigenvalue weighted by molar-refractivity contribution is 5.80. The van der Waals surface area contributed by atoms with Gasteiger partial charge in [0.25, 0.3) is 0 Å². The summed E-state index contributed by atoms with van der Waals surface area (Å²) in [5, 5.41) is 3.29. The summed E-state index contributed by atoms with van der Waals surface area (Å²) in [6.45, 7) is 2.99. The first-order valence-corrected chi connectivity index (χ1v) is 8.76. The number of rotatable bonds is 4.